The summed E-state index contributed by atoms with van der Waals surface area (Å²) in [6.45, 7) is 0.788. The maximum absolute atomic E-state index is 12.0. The lowest BCUT2D eigenvalue weighted by Crippen LogP contribution is -2.47. The minimum Gasteiger partial charge on any atom is -0.477 e. The van der Waals surface area contributed by atoms with Crippen LogP contribution in [0.5, 0.6) is 5.75 Å². The van der Waals surface area contributed by atoms with Gasteiger partial charge < -0.3 is 24.1 Å². The summed E-state index contributed by atoms with van der Waals surface area (Å²) in [5.41, 5.74) is 0.869. The minimum atomic E-state index is -0.611. The summed E-state index contributed by atoms with van der Waals surface area (Å²) in [5, 5.41) is 2.60. The van der Waals surface area contributed by atoms with Crippen LogP contribution in [-0.2, 0) is 16.1 Å². The smallest absolute Gasteiger partial charge is 0.373 e. The Balaban J connectivity index is 1.84. The van der Waals surface area contributed by atoms with E-state index in [2.05, 4.69) is 10.1 Å². The molecule has 0 bridgehead atoms. The number of para-hydroxylation sites is 2. The Bertz CT molecular complexity index is 755. The topological polar surface area (TPSA) is 81.0 Å². The molecule has 24 heavy (non-hydrogen) atoms. The molecule has 1 aromatic carbocycles. The Morgan fingerprint density at radius 1 is 1.29 bits per heavy atom. The van der Waals surface area contributed by atoms with Gasteiger partial charge in [0.1, 0.15) is 11.5 Å². The number of carbonyl (C=O) groups excluding carboxylic acids is 2. The molecule has 0 aliphatic carbocycles. The molecule has 1 aromatic heterocycles. The quantitative estimate of drug-likeness (QED) is 0.857. The fourth-order valence-corrected chi connectivity index (χ4v) is 2.62. The van der Waals surface area contributed by atoms with Crippen molar-refractivity contribution >= 4 is 17.6 Å². The normalized spacial score (nSPS) is 16.1. The molecule has 1 amide bonds. The Hall–Kier alpha value is -2.96. The van der Waals surface area contributed by atoms with Gasteiger partial charge >= 0.3 is 5.97 Å². The summed E-state index contributed by atoms with van der Waals surface area (Å²) in [6.07, 6.45) is -0.611. The van der Waals surface area contributed by atoms with Crippen molar-refractivity contribution in [2.75, 3.05) is 25.6 Å². The monoisotopic (exact) mass is 330 g/mol. The van der Waals surface area contributed by atoms with E-state index in [0.29, 0.717) is 24.6 Å². The fraction of sp³-hybridized carbons (Fsp3) is 0.294. The Kier molecular flexibility index (Phi) is 4.41. The molecule has 2 aromatic rings. The maximum Gasteiger partial charge on any atom is 0.373 e. The summed E-state index contributed by atoms with van der Waals surface area (Å²) >= 11 is 0. The molecule has 3 rings (SSSR count). The van der Waals surface area contributed by atoms with Crippen molar-refractivity contribution in [1.29, 1.82) is 0 Å². The summed E-state index contributed by atoms with van der Waals surface area (Å²) < 4.78 is 15.9. The molecule has 0 fully saturated rings. The number of carbonyl (C=O) groups is 2. The van der Waals surface area contributed by atoms with Gasteiger partial charge in [0.15, 0.2) is 6.10 Å². The number of anilines is 1. The van der Waals surface area contributed by atoms with Crippen LogP contribution in [0.1, 0.15) is 16.3 Å². The average Bonchev–Trinajstić information content (AvgIpc) is 3.08. The van der Waals surface area contributed by atoms with Gasteiger partial charge in [0, 0.05) is 7.05 Å². The molecular weight excluding hydrogens is 312 g/mol. The Labute approximate surface area is 139 Å². The highest BCUT2D eigenvalue weighted by atomic mass is 16.5. The zero-order valence-electron chi connectivity index (χ0n) is 13.4. The molecule has 0 saturated heterocycles. The number of methoxy groups -OCH3 is 1. The first-order valence-corrected chi connectivity index (χ1v) is 7.51. The molecule has 1 aliphatic heterocycles. The maximum atomic E-state index is 12.0. The molecule has 2 heterocycles. The number of nitrogens with zero attached hydrogens (tertiary/aromatic N) is 1. The van der Waals surface area contributed by atoms with Crippen LogP contribution in [0.4, 0.5) is 5.69 Å². The standard InChI is InChI=1S/C17H18N2O5/c1-18-16(20)15-10-19(12-5-3-4-6-13(12)24-15)9-11-7-8-14(23-11)17(21)22-2/h3-8,15H,9-10H2,1-2H3,(H,18,20)/t15-/m1/s1. The zero-order chi connectivity index (χ0) is 17.1. The van der Waals surface area contributed by atoms with E-state index >= 15 is 0 Å². The summed E-state index contributed by atoms with van der Waals surface area (Å²) in [7, 11) is 2.88. The third-order valence-electron chi connectivity index (χ3n) is 3.80. The van der Waals surface area contributed by atoms with Gasteiger partial charge in [-0.2, -0.15) is 0 Å². The molecule has 7 nitrogen and oxygen atoms in total. The number of nitrogens with one attached hydrogen (secondary N) is 1. The van der Waals surface area contributed by atoms with Gasteiger partial charge in [-0.1, -0.05) is 12.1 Å². The number of amides is 1. The van der Waals surface area contributed by atoms with Crippen molar-refractivity contribution < 1.29 is 23.5 Å². The van der Waals surface area contributed by atoms with Crippen LogP contribution in [0.15, 0.2) is 40.8 Å². The van der Waals surface area contributed by atoms with Gasteiger partial charge in [-0.15, -0.1) is 0 Å². The number of ether oxygens (including phenoxy) is 2. The van der Waals surface area contributed by atoms with Crippen molar-refractivity contribution in [3.63, 3.8) is 0 Å². The van der Waals surface area contributed by atoms with Crippen molar-refractivity contribution in [2.24, 2.45) is 0 Å². The molecule has 0 radical (unpaired) electrons. The molecule has 1 atom stereocenters. The third kappa shape index (κ3) is 3.05. The van der Waals surface area contributed by atoms with E-state index in [4.69, 9.17) is 9.15 Å². The molecule has 1 N–H and O–H groups in total. The van der Waals surface area contributed by atoms with Crippen LogP contribution in [0.2, 0.25) is 0 Å². The number of benzene rings is 1. The van der Waals surface area contributed by atoms with Gasteiger partial charge in [0.05, 0.1) is 25.9 Å². The van der Waals surface area contributed by atoms with Crippen LogP contribution in [-0.4, -0.2) is 38.7 Å². The zero-order valence-corrected chi connectivity index (χ0v) is 13.4. The highest BCUT2D eigenvalue weighted by molar-refractivity contribution is 5.86. The molecule has 7 heteroatoms. The van der Waals surface area contributed by atoms with E-state index in [-0.39, 0.29) is 11.7 Å². The van der Waals surface area contributed by atoms with Gasteiger partial charge in [-0.05, 0) is 24.3 Å². The largest absolute Gasteiger partial charge is 0.477 e. The van der Waals surface area contributed by atoms with Crippen LogP contribution in [0.3, 0.4) is 0 Å². The SMILES string of the molecule is CNC(=O)[C@H]1CN(Cc2ccc(C(=O)OC)o2)c2ccccc2O1. The number of furan rings is 1. The molecule has 1 aliphatic rings. The van der Waals surface area contributed by atoms with E-state index < -0.39 is 12.1 Å². The lowest BCUT2D eigenvalue weighted by Gasteiger charge is -2.34. The first kappa shape index (κ1) is 15.9. The summed E-state index contributed by atoms with van der Waals surface area (Å²) in [4.78, 5) is 25.4. The van der Waals surface area contributed by atoms with Crippen LogP contribution >= 0.6 is 0 Å². The van der Waals surface area contributed by atoms with Crippen molar-refractivity contribution in [2.45, 2.75) is 12.6 Å². The predicted molar refractivity (Wildman–Crippen MR) is 86.0 cm³/mol. The second kappa shape index (κ2) is 6.66. The number of hydrogen-bond acceptors (Lipinski definition) is 6. The van der Waals surface area contributed by atoms with Crippen LogP contribution < -0.4 is 15.0 Å². The number of esters is 1. The van der Waals surface area contributed by atoms with E-state index in [9.17, 15) is 9.59 Å². The van der Waals surface area contributed by atoms with Gasteiger partial charge in [-0.25, -0.2) is 4.79 Å². The minimum absolute atomic E-state index is 0.150. The van der Waals surface area contributed by atoms with Gasteiger partial charge in [-0.3, -0.25) is 4.79 Å². The third-order valence-corrected chi connectivity index (χ3v) is 3.80. The predicted octanol–water partition coefficient (Wildman–Crippen LogP) is 1.58. The summed E-state index contributed by atoms with van der Waals surface area (Å²) in [6, 6.07) is 10.8. The number of likely N-dealkylation sites (N-methyl/N-ethyl adjacent to an activating group) is 1. The lowest BCUT2D eigenvalue weighted by atomic mass is 10.1. The Morgan fingerprint density at radius 3 is 2.83 bits per heavy atom. The highest BCUT2D eigenvalue weighted by Gasteiger charge is 2.30. The first-order valence-electron chi connectivity index (χ1n) is 7.51. The van der Waals surface area contributed by atoms with Crippen molar-refractivity contribution in [3.05, 3.63) is 47.9 Å². The molecule has 0 spiro atoms. The Morgan fingerprint density at radius 2 is 2.08 bits per heavy atom. The number of rotatable bonds is 4. The number of fused-ring (bicyclic) bond motifs is 1. The van der Waals surface area contributed by atoms with Crippen LogP contribution in [0, 0.1) is 0 Å². The average molecular weight is 330 g/mol. The second-order valence-corrected chi connectivity index (χ2v) is 5.33. The molecule has 0 unspecified atom stereocenters. The second-order valence-electron chi connectivity index (χ2n) is 5.33. The molecular formula is C17H18N2O5. The van der Waals surface area contributed by atoms with E-state index in [1.807, 2.05) is 29.2 Å². The first-order chi connectivity index (χ1) is 11.6. The van der Waals surface area contributed by atoms with Gasteiger partial charge in [0.25, 0.3) is 5.91 Å². The number of hydrogen-bond donors (Lipinski definition) is 1. The van der Waals surface area contributed by atoms with Crippen molar-refractivity contribution in [3.8, 4) is 5.75 Å². The van der Waals surface area contributed by atoms with E-state index in [1.54, 1.807) is 19.2 Å². The summed E-state index contributed by atoms with van der Waals surface area (Å²) in [5.74, 6) is 0.674. The van der Waals surface area contributed by atoms with E-state index in [0.717, 1.165) is 5.69 Å². The van der Waals surface area contributed by atoms with E-state index in [1.165, 1.54) is 7.11 Å². The lowest BCUT2D eigenvalue weighted by molar-refractivity contribution is -0.127. The highest BCUT2D eigenvalue weighted by Crippen LogP contribution is 2.34. The molecule has 126 valence electrons. The van der Waals surface area contributed by atoms with Crippen molar-refractivity contribution in [1.82, 2.24) is 5.32 Å². The van der Waals surface area contributed by atoms with Gasteiger partial charge in [0.2, 0.25) is 5.76 Å². The molecule has 0 saturated carbocycles. The van der Waals surface area contributed by atoms with Crippen LogP contribution in [0.25, 0.3) is 0 Å². The fourth-order valence-electron chi connectivity index (χ4n) is 2.62.